The van der Waals surface area contributed by atoms with Crippen LogP contribution in [0.2, 0.25) is 5.02 Å². The van der Waals surface area contributed by atoms with Crippen molar-refractivity contribution < 1.29 is 14.4 Å². The molecule has 0 aliphatic carbocycles. The van der Waals surface area contributed by atoms with E-state index in [4.69, 9.17) is 16.4 Å². The minimum absolute atomic E-state index is 0.0808. The first-order valence-electron chi connectivity index (χ1n) is 11.6. The Morgan fingerprint density at radius 3 is 2.46 bits per heavy atom. The van der Waals surface area contributed by atoms with Crippen LogP contribution in [0.5, 0.6) is 0 Å². The van der Waals surface area contributed by atoms with E-state index in [0.29, 0.717) is 69.3 Å². The van der Waals surface area contributed by atoms with Crippen LogP contribution in [0.4, 0.5) is 16.3 Å². The number of piperidine rings is 1. The summed E-state index contributed by atoms with van der Waals surface area (Å²) in [5.41, 5.74) is 0.676. The zero-order valence-corrected chi connectivity index (χ0v) is 21.5. The van der Waals surface area contributed by atoms with Gasteiger partial charge in [-0.05, 0) is 40.2 Å². The van der Waals surface area contributed by atoms with Gasteiger partial charge in [0.05, 0.1) is 10.7 Å². The molecule has 11 heteroatoms. The lowest BCUT2D eigenvalue weighted by molar-refractivity contribution is -0.124. The SMILES string of the molecule is O=C(Nc1ccccc1Br)N1CCC2(CC1)CC(C(=O)N1CCN(c3ncccc3Cl)CC1)=NO2. The number of carbonyl (C=O) groups is 2. The number of nitrogens with zero attached hydrogens (tertiary/aromatic N) is 5. The van der Waals surface area contributed by atoms with E-state index in [-0.39, 0.29) is 11.9 Å². The summed E-state index contributed by atoms with van der Waals surface area (Å²) in [6.45, 7) is 3.53. The Kier molecular flexibility index (Phi) is 6.84. The maximum Gasteiger partial charge on any atom is 0.321 e. The fourth-order valence-corrected chi connectivity index (χ4v) is 5.32. The fraction of sp³-hybridized carbons (Fsp3) is 0.417. The molecule has 1 N–H and O–H groups in total. The van der Waals surface area contributed by atoms with Crippen molar-refractivity contribution >= 4 is 56.7 Å². The number of amides is 3. The van der Waals surface area contributed by atoms with E-state index in [1.54, 1.807) is 17.2 Å². The third-order valence-electron chi connectivity index (χ3n) is 6.77. The van der Waals surface area contributed by atoms with Gasteiger partial charge in [-0.25, -0.2) is 9.78 Å². The first-order chi connectivity index (χ1) is 16.9. The molecule has 1 spiro atoms. The Balaban J connectivity index is 1.11. The number of benzene rings is 1. The molecule has 3 aliphatic rings. The van der Waals surface area contributed by atoms with Gasteiger partial charge in [-0.1, -0.05) is 28.9 Å². The predicted octanol–water partition coefficient (Wildman–Crippen LogP) is 3.99. The molecule has 5 rings (SSSR count). The molecule has 0 atom stereocenters. The van der Waals surface area contributed by atoms with E-state index < -0.39 is 5.60 Å². The van der Waals surface area contributed by atoms with Crippen molar-refractivity contribution in [3.8, 4) is 0 Å². The molecule has 2 fully saturated rings. The van der Waals surface area contributed by atoms with E-state index in [0.717, 1.165) is 16.0 Å². The molecule has 0 radical (unpaired) electrons. The number of likely N-dealkylation sites (tertiary alicyclic amines) is 1. The largest absolute Gasteiger partial charge is 0.388 e. The van der Waals surface area contributed by atoms with Crippen molar-refractivity contribution in [2.75, 3.05) is 49.5 Å². The zero-order chi connectivity index (χ0) is 24.4. The van der Waals surface area contributed by atoms with Crippen LogP contribution in [-0.2, 0) is 9.63 Å². The number of hydrogen-bond donors (Lipinski definition) is 1. The summed E-state index contributed by atoms with van der Waals surface area (Å²) in [6, 6.07) is 11.0. The number of aromatic nitrogens is 1. The summed E-state index contributed by atoms with van der Waals surface area (Å²) in [5, 5.41) is 7.73. The van der Waals surface area contributed by atoms with Gasteiger partial charge in [-0.15, -0.1) is 0 Å². The van der Waals surface area contributed by atoms with Gasteiger partial charge in [0, 0.05) is 69.2 Å². The number of rotatable bonds is 3. The number of oxime groups is 1. The van der Waals surface area contributed by atoms with E-state index in [1.165, 1.54) is 0 Å². The van der Waals surface area contributed by atoms with Crippen molar-refractivity contribution in [2.24, 2.45) is 5.16 Å². The minimum atomic E-state index is -0.515. The molecule has 0 saturated carbocycles. The molecule has 1 aromatic heterocycles. The highest BCUT2D eigenvalue weighted by atomic mass is 79.9. The first kappa shape index (κ1) is 23.9. The van der Waals surface area contributed by atoms with Gasteiger partial charge >= 0.3 is 6.03 Å². The van der Waals surface area contributed by atoms with Gasteiger partial charge in [0.1, 0.15) is 17.1 Å². The molecule has 35 heavy (non-hydrogen) atoms. The van der Waals surface area contributed by atoms with Crippen LogP contribution in [0, 0.1) is 0 Å². The van der Waals surface area contributed by atoms with E-state index in [2.05, 4.69) is 36.3 Å². The summed E-state index contributed by atoms with van der Waals surface area (Å²) in [5.74, 6) is 0.667. The summed E-state index contributed by atoms with van der Waals surface area (Å²) in [7, 11) is 0. The molecule has 184 valence electrons. The van der Waals surface area contributed by atoms with Crippen molar-refractivity contribution in [3.05, 3.63) is 52.1 Å². The van der Waals surface area contributed by atoms with E-state index in [1.807, 2.05) is 35.2 Å². The number of urea groups is 1. The highest BCUT2D eigenvalue weighted by molar-refractivity contribution is 9.10. The maximum absolute atomic E-state index is 13.1. The van der Waals surface area contributed by atoms with Gasteiger partial charge < -0.3 is 24.9 Å². The lowest BCUT2D eigenvalue weighted by Crippen LogP contribution is -2.52. The quantitative estimate of drug-likeness (QED) is 0.612. The molecule has 9 nitrogen and oxygen atoms in total. The topological polar surface area (TPSA) is 90.4 Å². The number of anilines is 2. The van der Waals surface area contributed by atoms with Crippen LogP contribution in [-0.4, -0.2) is 77.3 Å². The third-order valence-corrected chi connectivity index (χ3v) is 7.76. The summed E-state index contributed by atoms with van der Waals surface area (Å²) >= 11 is 9.72. The molecule has 1 aromatic carbocycles. The van der Waals surface area contributed by atoms with Crippen molar-refractivity contribution in [2.45, 2.75) is 24.9 Å². The highest BCUT2D eigenvalue weighted by Crippen LogP contribution is 2.35. The zero-order valence-electron chi connectivity index (χ0n) is 19.1. The Labute approximate surface area is 217 Å². The molecule has 4 heterocycles. The van der Waals surface area contributed by atoms with Gasteiger partial charge in [0.2, 0.25) is 0 Å². The number of nitrogens with one attached hydrogen (secondary N) is 1. The van der Waals surface area contributed by atoms with Gasteiger partial charge in [-0.3, -0.25) is 4.79 Å². The molecule has 0 bridgehead atoms. The summed E-state index contributed by atoms with van der Waals surface area (Å²) in [6.07, 6.45) is 3.45. The number of hydrogen-bond acceptors (Lipinski definition) is 6. The number of halogens is 2. The lowest BCUT2D eigenvalue weighted by Gasteiger charge is -2.37. The number of carbonyl (C=O) groups excluding carboxylic acids is 2. The number of pyridine rings is 1. The molecular formula is C24H26BrClN6O3. The average Bonchev–Trinajstić information content (AvgIpc) is 3.29. The highest BCUT2D eigenvalue weighted by Gasteiger charge is 2.45. The van der Waals surface area contributed by atoms with Crippen LogP contribution < -0.4 is 10.2 Å². The molecule has 2 aromatic rings. The van der Waals surface area contributed by atoms with Crippen LogP contribution in [0.15, 0.2) is 52.2 Å². The molecule has 3 amide bonds. The average molecular weight is 562 g/mol. The maximum atomic E-state index is 13.1. The lowest BCUT2D eigenvalue weighted by atomic mass is 9.86. The molecule has 2 saturated heterocycles. The van der Waals surface area contributed by atoms with E-state index >= 15 is 0 Å². The van der Waals surface area contributed by atoms with Gasteiger partial charge in [-0.2, -0.15) is 0 Å². The van der Waals surface area contributed by atoms with Crippen molar-refractivity contribution in [1.29, 1.82) is 0 Å². The second-order valence-corrected chi connectivity index (χ2v) is 10.2. The predicted molar refractivity (Wildman–Crippen MR) is 138 cm³/mol. The van der Waals surface area contributed by atoms with E-state index in [9.17, 15) is 9.59 Å². The second kappa shape index (κ2) is 10.0. The normalized spacial score (nSPS) is 19.4. The smallest absolute Gasteiger partial charge is 0.321 e. The second-order valence-electron chi connectivity index (χ2n) is 8.97. The monoisotopic (exact) mass is 560 g/mol. The summed E-state index contributed by atoms with van der Waals surface area (Å²) < 4.78 is 0.835. The van der Waals surface area contributed by atoms with Crippen LogP contribution in [0.25, 0.3) is 0 Å². The Hall–Kier alpha value is -2.85. The van der Waals surface area contributed by atoms with Crippen LogP contribution in [0.1, 0.15) is 19.3 Å². The van der Waals surface area contributed by atoms with Crippen molar-refractivity contribution in [3.63, 3.8) is 0 Å². The Morgan fingerprint density at radius 1 is 1.00 bits per heavy atom. The number of piperazine rings is 1. The fourth-order valence-electron chi connectivity index (χ4n) is 4.69. The van der Waals surface area contributed by atoms with Gasteiger partial charge in [0.25, 0.3) is 5.91 Å². The standard InChI is InChI=1S/C24H26BrClN6O3/c25-17-4-1-2-6-19(17)28-23(34)32-10-7-24(8-11-32)16-20(29-35-24)22(33)31-14-12-30(13-15-31)21-18(26)5-3-9-27-21/h1-6,9H,7-8,10-16H2,(H,28,34). The third kappa shape index (κ3) is 5.08. The summed E-state index contributed by atoms with van der Waals surface area (Å²) in [4.78, 5) is 41.7. The first-order valence-corrected chi connectivity index (χ1v) is 12.8. The Morgan fingerprint density at radius 2 is 1.74 bits per heavy atom. The van der Waals surface area contributed by atoms with Crippen molar-refractivity contribution in [1.82, 2.24) is 14.8 Å². The minimum Gasteiger partial charge on any atom is -0.388 e. The molecule has 0 unspecified atom stereocenters. The number of para-hydroxylation sites is 1. The van der Waals surface area contributed by atoms with Gasteiger partial charge in [0.15, 0.2) is 0 Å². The van der Waals surface area contributed by atoms with Crippen LogP contribution >= 0.6 is 27.5 Å². The molecular weight excluding hydrogens is 536 g/mol. The molecule has 3 aliphatic heterocycles. The Bertz CT molecular complexity index is 1150. The van der Waals surface area contributed by atoms with Crippen LogP contribution in [0.3, 0.4) is 0 Å².